The lowest BCUT2D eigenvalue weighted by atomic mass is 9.79. The first kappa shape index (κ1) is 52.9. The number of thiocarbonyl (C=S) groups is 2. The van der Waals surface area contributed by atoms with E-state index in [9.17, 15) is 0 Å². The molecule has 0 radical (unpaired) electrons. The number of methoxy groups -OCH3 is 2. The molecule has 0 atom stereocenters. The van der Waals surface area contributed by atoms with Gasteiger partial charge in [-0.15, -0.1) is 0 Å². The van der Waals surface area contributed by atoms with Crippen LogP contribution in [0.4, 0.5) is 0 Å². The second kappa shape index (κ2) is 22.1. The van der Waals surface area contributed by atoms with Crippen LogP contribution in [0.25, 0.3) is 0 Å². The summed E-state index contributed by atoms with van der Waals surface area (Å²) in [7, 11) is 3.60. The van der Waals surface area contributed by atoms with Crippen molar-refractivity contribution in [2.75, 3.05) is 65.4 Å². The SMILES string of the molecule is COc1c2cc(C(C)(C)C)cc1Cc1cc(C(C)(C)C)cc3c1OCCOC(=S)SCCOCCSC(=S)OCCOc1c(cc(C(C)(C)C)cc1Cc1cc(C(C)(C)C)cc(c1OC)C3)C2. The highest BCUT2D eigenvalue weighted by Crippen LogP contribution is 2.44. The molecule has 0 aromatic heterocycles. The molecule has 0 unspecified atom stereocenters. The third-order valence-electron chi connectivity index (χ3n) is 12.4. The summed E-state index contributed by atoms with van der Waals surface area (Å²) in [5, 5.41) is 0. The van der Waals surface area contributed by atoms with Gasteiger partial charge >= 0.3 is 0 Å². The van der Waals surface area contributed by atoms with Crippen molar-refractivity contribution in [3.8, 4) is 23.0 Å². The van der Waals surface area contributed by atoms with Gasteiger partial charge in [-0.05, 0) is 113 Å². The van der Waals surface area contributed by atoms with Crippen molar-refractivity contribution < 1.29 is 33.2 Å². The zero-order valence-electron chi connectivity index (χ0n) is 42.6. The van der Waals surface area contributed by atoms with Crippen LogP contribution in [0.15, 0.2) is 48.5 Å². The maximum Gasteiger partial charge on any atom is 0.220 e. The van der Waals surface area contributed by atoms with Crippen molar-refractivity contribution in [1.82, 2.24) is 0 Å². The van der Waals surface area contributed by atoms with Crippen LogP contribution in [-0.2, 0) is 61.6 Å². The Hall–Kier alpha value is -3.48. The highest BCUT2D eigenvalue weighted by Gasteiger charge is 2.29. The maximum absolute atomic E-state index is 6.99. The standard InChI is InChI=1S/C56H74O7S4/c1-53(2,3)43-27-35-23-39-31-45(55(7,8)9)33-41-25-37-29-44(54(4,5)6)30-38(48(37)58-14)26-42-34-46(56(10,11)12)32-40(24-36(28-43)47(35)57-13)50(42)61-16-18-63-52(65)67-22-20-59-19-21-66-51(64)62-17-15-60-49(39)41/h27-34H,15-26H2,1-14H3. The molecule has 0 N–H and O–H groups in total. The molecule has 0 saturated heterocycles. The lowest BCUT2D eigenvalue weighted by Gasteiger charge is -2.29. The zero-order valence-corrected chi connectivity index (χ0v) is 45.9. The third-order valence-corrected chi connectivity index (χ3v) is 14.8. The van der Waals surface area contributed by atoms with Crippen LogP contribution < -0.4 is 18.9 Å². The van der Waals surface area contributed by atoms with Gasteiger partial charge in [0.1, 0.15) is 49.4 Å². The minimum atomic E-state index is -0.151. The van der Waals surface area contributed by atoms with Crippen molar-refractivity contribution in [2.24, 2.45) is 0 Å². The first-order valence-corrected chi connectivity index (χ1v) is 26.4. The molecule has 10 bridgehead atoms. The van der Waals surface area contributed by atoms with Crippen LogP contribution >= 0.6 is 48.0 Å². The lowest BCUT2D eigenvalue weighted by molar-refractivity contribution is 0.167. The number of fused-ring (bicyclic) bond motifs is 2. The first-order valence-electron chi connectivity index (χ1n) is 23.6. The molecule has 11 heteroatoms. The zero-order chi connectivity index (χ0) is 48.9. The molecule has 0 fully saturated rings. The summed E-state index contributed by atoms with van der Waals surface area (Å²) >= 11 is 14.2. The van der Waals surface area contributed by atoms with Gasteiger partial charge in [0, 0.05) is 37.2 Å². The molecule has 1 aliphatic carbocycles. The molecule has 1 heterocycles. The van der Waals surface area contributed by atoms with E-state index in [-0.39, 0.29) is 21.7 Å². The van der Waals surface area contributed by atoms with E-state index in [1.54, 1.807) is 14.2 Å². The summed E-state index contributed by atoms with van der Waals surface area (Å²) in [6, 6.07) is 18.7. The van der Waals surface area contributed by atoms with Crippen LogP contribution in [0.3, 0.4) is 0 Å². The molecular formula is C56H74O7S4. The molecule has 67 heavy (non-hydrogen) atoms. The van der Waals surface area contributed by atoms with E-state index in [0.29, 0.717) is 85.6 Å². The minimum absolute atomic E-state index is 0.149. The van der Waals surface area contributed by atoms with E-state index in [1.165, 1.54) is 45.8 Å². The average Bonchev–Trinajstić information content (AvgIpc) is 3.22. The summed E-state index contributed by atoms with van der Waals surface area (Å²) < 4.78 is 46.1. The maximum atomic E-state index is 6.99. The fraction of sp³-hybridized carbons (Fsp3) is 0.536. The first-order chi connectivity index (χ1) is 31.5. The van der Waals surface area contributed by atoms with Gasteiger partial charge < -0.3 is 33.2 Å². The number of thioether (sulfide) groups is 2. The van der Waals surface area contributed by atoms with Gasteiger partial charge in [0.25, 0.3) is 0 Å². The van der Waals surface area contributed by atoms with Crippen LogP contribution in [0.2, 0.25) is 0 Å². The highest BCUT2D eigenvalue weighted by molar-refractivity contribution is 8.22. The second-order valence-corrected chi connectivity index (χ2v) is 25.2. The Labute approximate surface area is 421 Å². The molecule has 1 aliphatic heterocycles. The molecule has 0 amide bonds. The van der Waals surface area contributed by atoms with E-state index in [0.717, 1.165) is 67.5 Å². The lowest BCUT2D eigenvalue weighted by Crippen LogP contribution is -2.18. The van der Waals surface area contributed by atoms with Gasteiger partial charge in [0.05, 0.1) is 27.4 Å². The largest absolute Gasteiger partial charge is 0.496 e. The van der Waals surface area contributed by atoms with Crippen LogP contribution in [-0.4, -0.2) is 74.1 Å². The Kier molecular flexibility index (Phi) is 17.4. The van der Waals surface area contributed by atoms with Gasteiger partial charge in [-0.1, -0.05) is 155 Å². The van der Waals surface area contributed by atoms with Crippen LogP contribution in [0, 0.1) is 0 Å². The Morgan fingerprint density at radius 2 is 0.642 bits per heavy atom. The molecular weight excluding hydrogens is 913 g/mol. The molecule has 7 nitrogen and oxygen atoms in total. The van der Waals surface area contributed by atoms with Gasteiger partial charge in [-0.2, -0.15) is 0 Å². The van der Waals surface area contributed by atoms with Crippen molar-refractivity contribution in [1.29, 1.82) is 0 Å². The van der Waals surface area contributed by atoms with Gasteiger partial charge in [0.2, 0.25) is 8.77 Å². The van der Waals surface area contributed by atoms with E-state index in [4.69, 9.17) is 57.6 Å². The predicted molar refractivity (Wildman–Crippen MR) is 289 cm³/mol. The second-order valence-electron chi connectivity index (χ2n) is 21.8. The predicted octanol–water partition coefficient (Wildman–Crippen LogP) is 13.4. The third kappa shape index (κ3) is 13.9. The average molecular weight is 987 g/mol. The van der Waals surface area contributed by atoms with Gasteiger partial charge in [-0.3, -0.25) is 0 Å². The smallest absolute Gasteiger partial charge is 0.220 e. The highest BCUT2D eigenvalue weighted by atomic mass is 32.2. The monoisotopic (exact) mass is 986 g/mol. The van der Waals surface area contributed by atoms with E-state index in [1.807, 2.05) is 0 Å². The number of ether oxygens (including phenoxy) is 7. The van der Waals surface area contributed by atoms with E-state index in [2.05, 4.69) is 132 Å². The Morgan fingerprint density at radius 1 is 0.388 bits per heavy atom. The number of hydrogen-bond acceptors (Lipinski definition) is 11. The van der Waals surface area contributed by atoms with Crippen molar-refractivity contribution in [2.45, 2.75) is 130 Å². The quantitative estimate of drug-likeness (QED) is 0.159. The molecule has 364 valence electrons. The summed E-state index contributed by atoms with van der Waals surface area (Å²) in [4.78, 5) is 0. The number of rotatable bonds is 2. The van der Waals surface area contributed by atoms with Gasteiger partial charge in [-0.25, -0.2) is 0 Å². The molecule has 0 saturated carbocycles. The molecule has 4 aromatic carbocycles. The van der Waals surface area contributed by atoms with E-state index >= 15 is 0 Å². The van der Waals surface area contributed by atoms with Crippen molar-refractivity contribution in [3.63, 3.8) is 0 Å². The van der Waals surface area contributed by atoms with Gasteiger partial charge in [0.15, 0.2) is 0 Å². The molecule has 2 aliphatic rings. The number of benzene rings is 4. The van der Waals surface area contributed by atoms with Crippen molar-refractivity contribution in [3.05, 3.63) is 115 Å². The summed E-state index contributed by atoms with van der Waals surface area (Å²) in [5.41, 5.74) is 13.1. The minimum Gasteiger partial charge on any atom is -0.496 e. The van der Waals surface area contributed by atoms with Crippen molar-refractivity contribution >= 4 is 56.7 Å². The summed E-state index contributed by atoms with van der Waals surface area (Å²) in [5.74, 6) is 4.79. The molecule has 0 spiro atoms. The Balaban J connectivity index is 1.70. The fourth-order valence-corrected chi connectivity index (χ4v) is 10.3. The summed E-state index contributed by atoms with van der Waals surface area (Å²) in [6.07, 6.45) is 2.32. The summed E-state index contributed by atoms with van der Waals surface area (Å²) in [6.45, 7) is 29.7. The van der Waals surface area contributed by atoms with Crippen LogP contribution in [0.1, 0.15) is 150 Å². The Morgan fingerprint density at radius 3 is 0.896 bits per heavy atom. The molecule has 6 rings (SSSR count). The topological polar surface area (TPSA) is 64.6 Å². The number of hydrogen-bond donors (Lipinski definition) is 0. The fourth-order valence-electron chi connectivity index (χ4n) is 8.61. The normalized spacial score (nSPS) is 16.4. The van der Waals surface area contributed by atoms with E-state index < -0.39 is 0 Å². The van der Waals surface area contributed by atoms with Crippen LogP contribution in [0.5, 0.6) is 23.0 Å². The molecule has 4 aromatic rings. The Bertz CT molecular complexity index is 2150.